The van der Waals surface area contributed by atoms with Crippen LogP contribution in [0.25, 0.3) is 0 Å². The Morgan fingerprint density at radius 2 is 1.90 bits per heavy atom. The van der Waals surface area contributed by atoms with Crippen molar-refractivity contribution < 1.29 is 0 Å². The molecule has 0 radical (unpaired) electrons. The third-order valence-electron chi connectivity index (χ3n) is 4.24. The van der Waals surface area contributed by atoms with Gasteiger partial charge in [-0.05, 0) is 38.8 Å². The largest absolute Gasteiger partial charge is 0.377 e. The fourth-order valence-electron chi connectivity index (χ4n) is 3.18. The van der Waals surface area contributed by atoms with Crippen LogP contribution in [0.5, 0.6) is 0 Å². The number of hydrogen-bond acceptors (Lipinski definition) is 3. The van der Waals surface area contributed by atoms with Crippen LogP contribution < -0.4 is 10.2 Å². The number of aromatic nitrogens is 2. The van der Waals surface area contributed by atoms with Gasteiger partial charge in [0.15, 0.2) is 0 Å². The van der Waals surface area contributed by atoms with E-state index < -0.39 is 0 Å². The maximum Gasteiger partial charge on any atom is 0.0646 e. The number of benzene rings is 1. The predicted octanol–water partition coefficient (Wildman–Crippen LogP) is 3.50. The van der Waals surface area contributed by atoms with Gasteiger partial charge in [-0.25, -0.2) is 0 Å². The van der Waals surface area contributed by atoms with Gasteiger partial charge in [-0.1, -0.05) is 12.1 Å². The molecular formula is C17H24N4. The van der Waals surface area contributed by atoms with E-state index in [0.717, 1.165) is 5.69 Å². The number of nitrogens with one attached hydrogen (secondary N) is 1. The minimum atomic E-state index is 0.252. The highest BCUT2D eigenvalue weighted by molar-refractivity contribution is 5.70. The molecule has 1 atom stereocenters. The second kappa shape index (κ2) is 5.80. The third kappa shape index (κ3) is 2.89. The first kappa shape index (κ1) is 14.0. The van der Waals surface area contributed by atoms with Gasteiger partial charge in [0.1, 0.15) is 0 Å². The Hall–Kier alpha value is -1.97. The first-order valence-corrected chi connectivity index (χ1v) is 7.76. The van der Waals surface area contributed by atoms with Crippen molar-refractivity contribution in [3.8, 4) is 0 Å². The van der Waals surface area contributed by atoms with Crippen molar-refractivity contribution >= 4 is 11.4 Å². The average molecular weight is 284 g/mol. The van der Waals surface area contributed by atoms with Crippen LogP contribution in [0.1, 0.15) is 37.1 Å². The molecule has 1 saturated heterocycles. The van der Waals surface area contributed by atoms with Crippen molar-refractivity contribution in [1.82, 2.24) is 9.78 Å². The zero-order chi connectivity index (χ0) is 14.8. The van der Waals surface area contributed by atoms with E-state index in [1.54, 1.807) is 0 Å². The quantitative estimate of drug-likeness (QED) is 0.933. The molecule has 112 valence electrons. The van der Waals surface area contributed by atoms with Gasteiger partial charge in [0, 0.05) is 31.9 Å². The zero-order valence-corrected chi connectivity index (χ0v) is 13.1. The lowest BCUT2D eigenvalue weighted by Crippen LogP contribution is -2.20. The molecule has 1 aromatic heterocycles. The summed E-state index contributed by atoms with van der Waals surface area (Å²) >= 11 is 0. The Morgan fingerprint density at radius 3 is 2.57 bits per heavy atom. The van der Waals surface area contributed by atoms with E-state index in [9.17, 15) is 0 Å². The van der Waals surface area contributed by atoms with Gasteiger partial charge in [-0.3, -0.25) is 4.68 Å². The summed E-state index contributed by atoms with van der Waals surface area (Å²) in [6, 6.07) is 8.87. The van der Waals surface area contributed by atoms with Gasteiger partial charge >= 0.3 is 0 Å². The zero-order valence-electron chi connectivity index (χ0n) is 13.1. The van der Waals surface area contributed by atoms with E-state index in [0.29, 0.717) is 0 Å². The minimum absolute atomic E-state index is 0.252. The van der Waals surface area contributed by atoms with Gasteiger partial charge in [0.25, 0.3) is 0 Å². The molecule has 3 rings (SSSR count). The Morgan fingerprint density at radius 1 is 1.19 bits per heavy atom. The summed E-state index contributed by atoms with van der Waals surface area (Å²) in [6.45, 7) is 6.60. The molecule has 0 saturated carbocycles. The Kier molecular flexibility index (Phi) is 3.86. The first-order valence-electron chi connectivity index (χ1n) is 7.76. The maximum absolute atomic E-state index is 4.44. The van der Waals surface area contributed by atoms with E-state index in [1.807, 2.05) is 11.7 Å². The molecule has 0 bridgehead atoms. The summed E-state index contributed by atoms with van der Waals surface area (Å²) in [4.78, 5) is 2.48. The molecule has 1 aliphatic rings. The highest BCUT2D eigenvalue weighted by Crippen LogP contribution is 2.31. The SMILES string of the molecule is Cc1nn(C)cc1C(C)Nc1ccccc1N1CCCC1. The molecule has 1 fully saturated rings. The fraction of sp³-hybridized carbons (Fsp3) is 0.471. The molecule has 1 aromatic carbocycles. The highest BCUT2D eigenvalue weighted by atomic mass is 15.3. The van der Waals surface area contributed by atoms with Crippen LogP contribution in [0, 0.1) is 6.92 Å². The van der Waals surface area contributed by atoms with E-state index in [1.165, 1.54) is 42.9 Å². The summed E-state index contributed by atoms with van der Waals surface area (Å²) in [5.41, 5.74) is 4.89. The number of hydrogen-bond donors (Lipinski definition) is 1. The number of nitrogens with zero attached hydrogens (tertiary/aromatic N) is 3. The summed E-state index contributed by atoms with van der Waals surface area (Å²) < 4.78 is 1.88. The molecule has 0 aliphatic carbocycles. The van der Waals surface area contributed by atoms with Gasteiger partial charge in [0.05, 0.1) is 23.1 Å². The topological polar surface area (TPSA) is 33.1 Å². The van der Waals surface area contributed by atoms with Crippen LogP contribution in [0.4, 0.5) is 11.4 Å². The minimum Gasteiger partial charge on any atom is -0.377 e. The van der Waals surface area contributed by atoms with Crippen LogP contribution in [-0.2, 0) is 7.05 Å². The molecule has 4 nitrogen and oxygen atoms in total. The lowest BCUT2D eigenvalue weighted by atomic mass is 10.1. The summed E-state index contributed by atoms with van der Waals surface area (Å²) in [7, 11) is 1.97. The standard InChI is InChI=1S/C17H24N4/c1-13(15-12-20(3)19-14(15)2)18-16-8-4-5-9-17(16)21-10-6-7-11-21/h4-5,8-9,12-13,18H,6-7,10-11H2,1-3H3. The second-order valence-electron chi connectivity index (χ2n) is 5.92. The molecule has 1 N–H and O–H groups in total. The predicted molar refractivity (Wildman–Crippen MR) is 87.9 cm³/mol. The van der Waals surface area contributed by atoms with Crippen molar-refractivity contribution in [3.63, 3.8) is 0 Å². The van der Waals surface area contributed by atoms with Gasteiger partial charge < -0.3 is 10.2 Å². The lowest BCUT2D eigenvalue weighted by Gasteiger charge is -2.24. The molecule has 1 unspecified atom stereocenters. The van der Waals surface area contributed by atoms with Crippen LogP contribution in [0.2, 0.25) is 0 Å². The van der Waals surface area contributed by atoms with Crippen molar-refractivity contribution in [2.75, 3.05) is 23.3 Å². The van der Waals surface area contributed by atoms with Crippen molar-refractivity contribution in [1.29, 1.82) is 0 Å². The lowest BCUT2D eigenvalue weighted by molar-refractivity contribution is 0.756. The number of anilines is 2. The smallest absolute Gasteiger partial charge is 0.0646 e. The van der Waals surface area contributed by atoms with Gasteiger partial charge in [0.2, 0.25) is 0 Å². The second-order valence-corrected chi connectivity index (χ2v) is 5.92. The summed E-state index contributed by atoms with van der Waals surface area (Å²) in [5, 5.41) is 8.10. The van der Waals surface area contributed by atoms with Crippen LogP contribution >= 0.6 is 0 Å². The number of rotatable bonds is 4. The fourth-order valence-corrected chi connectivity index (χ4v) is 3.18. The van der Waals surface area contributed by atoms with E-state index in [2.05, 4.69) is 59.6 Å². The molecule has 0 amide bonds. The van der Waals surface area contributed by atoms with Crippen molar-refractivity contribution in [2.24, 2.45) is 7.05 Å². The van der Waals surface area contributed by atoms with Crippen LogP contribution in [0.15, 0.2) is 30.5 Å². The van der Waals surface area contributed by atoms with Crippen molar-refractivity contribution in [3.05, 3.63) is 41.7 Å². The Balaban J connectivity index is 1.82. The van der Waals surface area contributed by atoms with E-state index in [-0.39, 0.29) is 6.04 Å². The molecule has 2 aromatic rings. The first-order chi connectivity index (χ1) is 10.1. The molecule has 4 heteroatoms. The number of para-hydroxylation sites is 2. The molecular weight excluding hydrogens is 260 g/mol. The molecule has 0 spiro atoms. The number of aryl methyl sites for hydroxylation is 2. The Bertz CT molecular complexity index is 611. The van der Waals surface area contributed by atoms with Gasteiger partial charge in [-0.15, -0.1) is 0 Å². The monoisotopic (exact) mass is 284 g/mol. The molecule has 1 aliphatic heterocycles. The summed E-state index contributed by atoms with van der Waals surface area (Å²) in [6.07, 6.45) is 4.70. The van der Waals surface area contributed by atoms with Crippen LogP contribution in [-0.4, -0.2) is 22.9 Å². The highest BCUT2D eigenvalue weighted by Gasteiger charge is 2.17. The van der Waals surface area contributed by atoms with Crippen molar-refractivity contribution in [2.45, 2.75) is 32.7 Å². The molecule has 2 heterocycles. The average Bonchev–Trinajstić information content (AvgIpc) is 3.09. The van der Waals surface area contributed by atoms with E-state index in [4.69, 9.17) is 0 Å². The van der Waals surface area contributed by atoms with E-state index >= 15 is 0 Å². The molecule has 21 heavy (non-hydrogen) atoms. The third-order valence-corrected chi connectivity index (χ3v) is 4.24. The maximum atomic E-state index is 4.44. The Labute approximate surface area is 126 Å². The van der Waals surface area contributed by atoms with Gasteiger partial charge in [-0.2, -0.15) is 5.10 Å². The summed E-state index contributed by atoms with van der Waals surface area (Å²) in [5.74, 6) is 0. The van der Waals surface area contributed by atoms with Crippen LogP contribution in [0.3, 0.4) is 0 Å². The normalized spacial score (nSPS) is 16.2.